The van der Waals surface area contributed by atoms with E-state index in [1.165, 1.54) is 11.3 Å². The Kier molecular flexibility index (Phi) is 4.15. The van der Waals surface area contributed by atoms with E-state index in [0.717, 1.165) is 37.6 Å². The van der Waals surface area contributed by atoms with Gasteiger partial charge in [-0.05, 0) is 30.5 Å². The van der Waals surface area contributed by atoms with Crippen LogP contribution < -0.4 is 10.2 Å². The zero-order valence-electron chi connectivity index (χ0n) is 12.7. The van der Waals surface area contributed by atoms with Gasteiger partial charge in [-0.25, -0.2) is 4.98 Å². The highest BCUT2D eigenvalue weighted by Crippen LogP contribution is 2.32. The molecule has 0 fully saturated rings. The molecule has 0 spiro atoms. The van der Waals surface area contributed by atoms with Crippen LogP contribution in [0.1, 0.15) is 25.1 Å². The van der Waals surface area contributed by atoms with Crippen molar-refractivity contribution in [3.63, 3.8) is 0 Å². The Morgan fingerprint density at radius 2 is 2.05 bits per heavy atom. The summed E-state index contributed by atoms with van der Waals surface area (Å²) in [6.07, 6.45) is 4.84. The van der Waals surface area contributed by atoms with Gasteiger partial charge in [0.25, 0.3) is 0 Å². The van der Waals surface area contributed by atoms with Gasteiger partial charge in [0.1, 0.15) is 0 Å². The molecule has 0 atom stereocenters. The molecule has 2 aromatic rings. The molecule has 110 valence electrons. The monoisotopic (exact) mass is 282 g/mol. The molecule has 1 N–H and O–H groups in total. The third kappa shape index (κ3) is 3.22. The summed E-state index contributed by atoms with van der Waals surface area (Å²) in [4.78, 5) is 11.4. The molecule has 0 bridgehead atoms. The molecular weight excluding hydrogens is 260 g/mol. The van der Waals surface area contributed by atoms with Gasteiger partial charge in [0.2, 0.25) is 0 Å². The molecule has 0 unspecified atom stereocenters. The fourth-order valence-corrected chi connectivity index (χ4v) is 2.64. The quantitative estimate of drug-likeness (QED) is 0.915. The van der Waals surface area contributed by atoms with Crippen molar-refractivity contribution in [1.82, 2.24) is 15.3 Å². The van der Waals surface area contributed by atoms with E-state index in [1.807, 2.05) is 12.4 Å². The SMILES string of the molecule is CC(C)CNCc1cnc(N2CCc3ccccc32)cn1. The summed E-state index contributed by atoms with van der Waals surface area (Å²) in [7, 11) is 0. The number of anilines is 2. The Labute approximate surface area is 126 Å². The first-order valence-electron chi connectivity index (χ1n) is 7.61. The van der Waals surface area contributed by atoms with Crippen molar-refractivity contribution in [2.75, 3.05) is 18.0 Å². The van der Waals surface area contributed by atoms with Gasteiger partial charge in [0.05, 0.1) is 18.1 Å². The second-order valence-electron chi connectivity index (χ2n) is 5.92. The molecule has 3 rings (SSSR count). The average molecular weight is 282 g/mol. The summed E-state index contributed by atoms with van der Waals surface area (Å²) in [5.41, 5.74) is 3.64. The Hall–Kier alpha value is -1.94. The number of hydrogen-bond donors (Lipinski definition) is 1. The first kappa shape index (κ1) is 14.0. The molecule has 4 heteroatoms. The van der Waals surface area contributed by atoms with Gasteiger partial charge in [-0.2, -0.15) is 0 Å². The second kappa shape index (κ2) is 6.22. The first-order chi connectivity index (χ1) is 10.2. The Bertz CT molecular complexity index is 592. The van der Waals surface area contributed by atoms with Crippen LogP contribution in [0.3, 0.4) is 0 Å². The summed E-state index contributed by atoms with van der Waals surface area (Å²) in [6.45, 7) is 7.17. The number of benzene rings is 1. The maximum atomic E-state index is 4.58. The largest absolute Gasteiger partial charge is 0.325 e. The van der Waals surface area contributed by atoms with Gasteiger partial charge in [0, 0.05) is 18.8 Å². The van der Waals surface area contributed by atoms with Gasteiger partial charge >= 0.3 is 0 Å². The molecule has 0 aliphatic carbocycles. The summed E-state index contributed by atoms with van der Waals surface area (Å²) in [5.74, 6) is 1.59. The average Bonchev–Trinajstić information content (AvgIpc) is 2.92. The maximum Gasteiger partial charge on any atom is 0.151 e. The van der Waals surface area contributed by atoms with E-state index in [9.17, 15) is 0 Å². The standard InChI is InChI=1S/C17H22N4/c1-13(2)9-18-10-15-11-20-17(12-19-15)21-8-7-14-5-3-4-6-16(14)21/h3-6,11-13,18H,7-10H2,1-2H3. The second-order valence-corrected chi connectivity index (χ2v) is 5.92. The van der Waals surface area contributed by atoms with E-state index in [0.29, 0.717) is 5.92 Å². The zero-order valence-corrected chi connectivity index (χ0v) is 12.7. The summed E-state index contributed by atoms with van der Waals surface area (Å²) in [6, 6.07) is 8.52. The van der Waals surface area contributed by atoms with Crippen LogP contribution >= 0.6 is 0 Å². The molecule has 1 aromatic heterocycles. The highest BCUT2D eigenvalue weighted by atomic mass is 15.2. The third-order valence-corrected chi connectivity index (χ3v) is 3.71. The summed E-state index contributed by atoms with van der Waals surface area (Å²) >= 11 is 0. The summed E-state index contributed by atoms with van der Waals surface area (Å²) < 4.78 is 0. The topological polar surface area (TPSA) is 41.1 Å². The Morgan fingerprint density at radius 1 is 1.19 bits per heavy atom. The van der Waals surface area contributed by atoms with Gasteiger partial charge in [0.15, 0.2) is 5.82 Å². The smallest absolute Gasteiger partial charge is 0.151 e. The lowest BCUT2D eigenvalue weighted by atomic mass is 10.2. The normalized spacial score (nSPS) is 13.8. The fourth-order valence-electron chi connectivity index (χ4n) is 2.64. The molecule has 2 heterocycles. The first-order valence-corrected chi connectivity index (χ1v) is 7.61. The minimum absolute atomic E-state index is 0.651. The van der Waals surface area contributed by atoms with E-state index in [1.54, 1.807) is 0 Å². The van der Waals surface area contributed by atoms with Crippen molar-refractivity contribution in [2.24, 2.45) is 5.92 Å². The van der Waals surface area contributed by atoms with E-state index in [4.69, 9.17) is 0 Å². The molecular formula is C17H22N4. The lowest BCUT2D eigenvalue weighted by Crippen LogP contribution is -2.20. The molecule has 21 heavy (non-hydrogen) atoms. The third-order valence-electron chi connectivity index (χ3n) is 3.71. The highest BCUT2D eigenvalue weighted by molar-refractivity contribution is 5.66. The Morgan fingerprint density at radius 3 is 2.81 bits per heavy atom. The lowest BCUT2D eigenvalue weighted by Gasteiger charge is -2.18. The van der Waals surface area contributed by atoms with Crippen LogP contribution in [-0.2, 0) is 13.0 Å². The fraction of sp³-hybridized carbons (Fsp3) is 0.412. The molecule has 0 amide bonds. The molecule has 0 saturated carbocycles. The van der Waals surface area contributed by atoms with Crippen LogP contribution in [0, 0.1) is 5.92 Å². The van der Waals surface area contributed by atoms with Crippen LogP contribution in [-0.4, -0.2) is 23.1 Å². The molecule has 0 saturated heterocycles. The van der Waals surface area contributed by atoms with E-state index < -0.39 is 0 Å². The van der Waals surface area contributed by atoms with E-state index in [2.05, 4.69) is 58.3 Å². The molecule has 1 aromatic carbocycles. The molecule has 4 nitrogen and oxygen atoms in total. The van der Waals surface area contributed by atoms with Crippen molar-refractivity contribution in [2.45, 2.75) is 26.8 Å². The van der Waals surface area contributed by atoms with E-state index >= 15 is 0 Å². The number of aromatic nitrogens is 2. The highest BCUT2D eigenvalue weighted by Gasteiger charge is 2.20. The number of nitrogens with zero attached hydrogens (tertiary/aromatic N) is 3. The molecule has 1 aliphatic rings. The number of rotatable bonds is 5. The Balaban J connectivity index is 1.68. The van der Waals surface area contributed by atoms with Crippen LogP contribution in [0.15, 0.2) is 36.7 Å². The maximum absolute atomic E-state index is 4.58. The predicted octanol–water partition coefficient (Wildman–Crippen LogP) is 2.92. The van der Waals surface area contributed by atoms with Crippen molar-refractivity contribution >= 4 is 11.5 Å². The van der Waals surface area contributed by atoms with Gasteiger partial charge < -0.3 is 10.2 Å². The minimum atomic E-state index is 0.651. The number of fused-ring (bicyclic) bond motifs is 1. The van der Waals surface area contributed by atoms with Crippen LogP contribution in [0.25, 0.3) is 0 Å². The van der Waals surface area contributed by atoms with Crippen LogP contribution in [0.4, 0.5) is 11.5 Å². The van der Waals surface area contributed by atoms with Crippen molar-refractivity contribution in [3.8, 4) is 0 Å². The van der Waals surface area contributed by atoms with Crippen molar-refractivity contribution in [3.05, 3.63) is 47.9 Å². The predicted molar refractivity (Wildman–Crippen MR) is 85.7 cm³/mol. The van der Waals surface area contributed by atoms with Crippen molar-refractivity contribution in [1.29, 1.82) is 0 Å². The molecule has 0 radical (unpaired) electrons. The van der Waals surface area contributed by atoms with E-state index in [-0.39, 0.29) is 0 Å². The minimum Gasteiger partial charge on any atom is -0.325 e. The van der Waals surface area contributed by atoms with Gasteiger partial charge in [-0.1, -0.05) is 32.0 Å². The number of hydrogen-bond acceptors (Lipinski definition) is 4. The summed E-state index contributed by atoms with van der Waals surface area (Å²) in [5, 5.41) is 3.39. The van der Waals surface area contributed by atoms with Gasteiger partial charge in [-0.3, -0.25) is 4.98 Å². The number of para-hydroxylation sites is 1. The van der Waals surface area contributed by atoms with Crippen LogP contribution in [0.2, 0.25) is 0 Å². The van der Waals surface area contributed by atoms with Crippen LogP contribution in [0.5, 0.6) is 0 Å². The molecule has 1 aliphatic heterocycles. The van der Waals surface area contributed by atoms with Crippen molar-refractivity contribution < 1.29 is 0 Å². The lowest BCUT2D eigenvalue weighted by molar-refractivity contribution is 0.547. The number of nitrogens with one attached hydrogen (secondary N) is 1. The van der Waals surface area contributed by atoms with Gasteiger partial charge in [-0.15, -0.1) is 0 Å². The zero-order chi connectivity index (χ0) is 14.7.